The number of carbonyl (C=O) groups excluding carboxylic acids is 2. The van der Waals surface area contributed by atoms with Crippen molar-refractivity contribution in [2.45, 2.75) is 32.8 Å². The molecule has 0 aliphatic carbocycles. The normalized spacial score (nSPS) is 15.5. The lowest BCUT2D eigenvalue weighted by Crippen LogP contribution is -2.54. The highest BCUT2D eigenvalue weighted by molar-refractivity contribution is 7.80. The molecule has 1 heterocycles. The van der Waals surface area contributed by atoms with Crippen molar-refractivity contribution in [3.8, 4) is 5.75 Å². The topological polar surface area (TPSA) is 102 Å². The van der Waals surface area contributed by atoms with Crippen LogP contribution >= 0.6 is 12.2 Å². The Morgan fingerprint density at radius 2 is 1.68 bits per heavy atom. The lowest BCUT2D eigenvalue weighted by molar-refractivity contribution is -0.384. The quantitative estimate of drug-likeness (QED) is 0.139. The smallest absolute Gasteiger partial charge is 0.270 e. The molecule has 0 bridgehead atoms. The van der Waals surface area contributed by atoms with E-state index < -0.39 is 16.7 Å². The first kappa shape index (κ1) is 25.7. The Morgan fingerprint density at radius 1 is 1.03 bits per heavy atom. The van der Waals surface area contributed by atoms with Crippen LogP contribution in [0, 0.1) is 10.1 Å². The number of rotatable bonds is 8. The molecule has 8 nitrogen and oxygen atoms in total. The number of benzene rings is 3. The molecule has 1 fully saturated rings. The summed E-state index contributed by atoms with van der Waals surface area (Å²) in [7, 11) is 0. The van der Waals surface area contributed by atoms with Crippen LogP contribution in [0.1, 0.15) is 42.9 Å². The van der Waals surface area contributed by atoms with Gasteiger partial charge in [-0.1, -0.05) is 38.1 Å². The fourth-order valence-corrected chi connectivity index (χ4v) is 4.07. The van der Waals surface area contributed by atoms with E-state index in [2.05, 4.69) is 19.2 Å². The van der Waals surface area contributed by atoms with E-state index in [9.17, 15) is 19.7 Å². The molecule has 0 saturated carbocycles. The van der Waals surface area contributed by atoms with E-state index in [0.29, 0.717) is 22.9 Å². The number of nitro groups is 1. The molecule has 0 spiro atoms. The molecule has 1 N–H and O–H groups in total. The Kier molecular flexibility index (Phi) is 7.74. The molecular weight excluding hydrogens is 490 g/mol. The molecule has 1 saturated heterocycles. The lowest BCUT2D eigenvalue weighted by atomic mass is 9.98. The molecule has 4 rings (SSSR count). The van der Waals surface area contributed by atoms with Gasteiger partial charge in [0.1, 0.15) is 17.9 Å². The van der Waals surface area contributed by atoms with E-state index >= 15 is 0 Å². The number of nitro benzene ring substituents is 1. The van der Waals surface area contributed by atoms with Crippen LogP contribution in [0.4, 0.5) is 11.4 Å². The molecule has 1 aliphatic heterocycles. The first-order valence-electron chi connectivity index (χ1n) is 11.7. The number of non-ortho nitro benzene ring substituents is 1. The number of nitrogens with one attached hydrogen (secondary N) is 1. The number of ether oxygens (including phenoxy) is 1. The summed E-state index contributed by atoms with van der Waals surface area (Å²) in [5, 5.41) is 13.4. The molecule has 1 aliphatic rings. The van der Waals surface area contributed by atoms with Crippen molar-refractivity contribution >= 4 is 46.6 Å². The van der Waals surface area contributed by atoms with Crippen molar-refractivity contribution in [1.29, 1.82) is 0 Å². The Morgan fingerprint density at radius 3 is 2.27 bits per heavy atom. The highest BCUT2D eigenvalue weighted by Gasteiger charge is 2.34. The monoisotopic (exact) mass is 515 g/mol. The number of carbonyl (C=O) groups is 2. The zero-order valence-electron chi connectivity index (χ0n) is 20.3. The average Bonchev–Trinajstić information content (AvgIpc) is 2.90. The van der Waals surface area contributed by atoms with Gasteiger partial charge in [0.05, 0.1) is 10.6 Å². The molecule has 3 aromatic rings. The maximum atomic E-state index is 13.3. The number of amides is 2. The van der Waals surface area contributed by atoms with Gasteiger partial charge < -0.3 is 4.74 Å². The second kappa shape index (κ2) is 11.1. The second-order valence-electron chi connectivity index (χ2n) is 8.64. The minimum absolute atomic E-state index is 0.0184. The van der Waals surface area contributed by atoms with Crippen molar-refractivity contribution < 1.29 is 19.2 Å². The summed E-state index contributed by atoms with van der Waals surface area (Å²) < 4.78 is 5.74. The Labute approximate surface area is 219 Å². The zero-order valence-corrected chi connectivity index (χ0v) is 21.2. The van der Waals surface area contributed by atoms with Gasteiger partial charge in [0, 0.05) is 12.1 Å². The van der Waals surface area contributed by atoms with Gasteiger partial charge in [-0.15, -0.1) is 0 Å². The summed E-state index contributed by atoms with van der Waals surface area (Å²) in [6.45, 7) is 4.49. The predicted octanol–water partition coefficient (Wildman–Crippen LogP) is 5.52. The fraction of sp³-hybridized carbons (Fsp3) is 0.179. The van der Waals surface area contributed by atoms with E-state index in [1.165, 1.54) is 23.1 Å². The Bertz CT molecular complexity index is 1370. The first-order valence-corrected chi connectivity index (χ1v) is 12.1. The summed E-state index contributed by atoms with van der Waals surface area (Å²) in [5.41, 5.74) is 3.17. The number of nitrogens with zero attached hydrogens (tertiary/aromatic N) is 2. The number of hydrogen-bond donors (Lipinski definition) is 1. The highest BCUT2D eigenvalue weighted by Crippen LogP contribution is 2.26. The third kappa shape index (κ3) is 5.90. The van der Waals surface area contributed by atoms with E-state index in [0.717, 1.165) is 17.5 Å². The molecule has 37 heavy (non-hydrogen) atoms. The lowest BCUT2D eigenvalue weighted by Gasteiger charge is -2.29. The van der Waals surface area contributed by atoms with Gasteiger partial charge in [0.15, 0.2) is 5.11 Å². The van der Waals surface area contributed by atoms with E-state index in [4.69, 9.17) is 17.0 Å². The molecule has 1 atom stereocenters. The van der Waals surface area contributed by atoms with Crippen LogP contribution in [0.5, 0.6) is 5.75 Å². The highest BCUT2D eigenvalue weighted by atomic mass is 32.1. The van der Waals surface area contributed by atoms with Gasteiger partial charge in [-0.2, -0.15) is 0 Å². The molecule has 3 aromatic carbocycles. The van der Waals surface area contributed by atoms with Gasteiger partial charge in [0.25, 0.3) is 17.5 Å². The number of hydrogen-bond acceptors (Lipinski definition) is 6. The second-order valence-corrected chi connectivity index (χ2v) is 9.03. The molecule has 0 radical (unpaired) electrons. The van der Waals surface area contributed by atoms with Crippen LogP contribution in [-0.4, -0.2) is 21.9 Å². The minimum Gasteiger partial charge on any atom is -0.489 e. The maximum Gasteiger partial charge on any atom is 0.270 e. The van der Waals surface area contributed by atoms with Crippen molar-refractivity contribution in [2.75, 3.05) is 4.90 Å². The molecule has 1 unspecified atom stereocenters. The SMILES string of the molecule is CCC(C)c1ccc(N2C(=O)/C(=C/c3ccc(OCc4ccc([N+](=O)[O-])cc4)cc3)C(=O)NC2=S)cc1. The van der Waals surface area contributed by atoms with E-state index in [-0.39, 0.29) is 23.0 Å². The van der Waals surface area contributed by atoms with E-state index in [1.807, 2.05) is 24.3 Å². The number of anilines is 1. The Hall–Kier alpha value is -4.37. The van der Waals surface area contributed by atoms with Gasteiger partial charge in [-0.25, -0.2) is 0 Å². The Balaban J connectivity index is 1.47. The summed E-state index contributed by atoms with van der Waals surface area (Å²) in [6.07, 6.45) is 2.52. The van der Waals surface area contributed by atoms with Crippen LogP contribution in [0.3, 0.4) is 0 Å². The number of thiocarbonyl (C=S) groups is 1. The molecule has 2 amide bonds. The van der Waals surface area contributed by atoms with Crippen molar-refractivity contribution in [1.82, 2.24) is 5.32 Å². The fourth-order valence-electron chi connectivity index (χ4n) is 3.79. The van der Waals surface area contributed by atoms with Gasteiger partial charge in [-0.05, 0) is 83.7 Å². The summed E-state index contributed by atoms with van der Waals surface area (Å²) in [4.78, 5) is 37.5. The summed E-state index contributed by atoms with van der Waals surface area (Å²) in [5.74, 6) is -0.0806. The van der Waals surface area contributed by atoms with Gasteiger partial charge in [0.2, 0.25) is 0 Å². The summed E-state index contributed by atoms with van der Waals surface area (Å²) in [6, 6.07) is 20.6. The zero-order chi connectivity index (χ0) is 26.5. The maximum absolute atomic E-state index is 13.3. The van der Waals surface area contributed by atoms with Crippen molar-refractivity contribution in [2.24, 2.45) is 0 Å². The van der Waals surface area contributed by atoms with Crippen LogP contribution in [-0.2, 0) is 16.2 Å². The third-order valence-electron chi connectivity index (χ3n) is 6.18. The minimum atomic E-state index is -0.555. The average molecular weight is 516 g/mol. The summed E-state index contributed by atoms with van der Waals surface area (Å²) >= 11 is 5.29. The van der Waals surface area contributed by atoms with Crippen LogP contribution < -0.4 is 15.0 Å². The third-order valence-corrected chi connectivity index (χ3v) is 6.46. The van der Waals surface area contributed by atoms with E-state index in [1.54, 1.807) is 36.4 Å². The van der Waals surface area contributed by atoms with Crippen molar-refractivity contribution in [3.05, 3.63) is 105 Å². The largest absolute Gasteiger partial charge is 0.489 e. The standard InChI is InChI=1S/C28H25N3O5S/c1-3-18(2)21-8-12-22(13-9-21)30-27(33)25(26(32)29-28(30)37)16-19-6-14-24(15-7-19)36-17-20-4-10-23(11-5-20)31(34)35/h4-16,18H,3,17H2,1-2H3,(H,29,32,37)/b25-16+. The first-order chi connectivity index (χ1) is 17.8. The molecule has 188 valence electrons. The van der Waals surface area contributed by atoms with Crippen LogP contribution in [0.2, 0.25) is 0 Å². The van der Waals surface area contributed by atoms with Gasteiger partial charge in [-0.3, -0.25) is 29.9 Å². The molecule has 9 heteroatoms. The van der Waals surface area contributed by atoms with Crippen LogP contribution in [0.25, 0.3) is 6.08 Å². The van der Waals surface area contributed by atoms with Crippen molar-refractivity contribution in [3.63, 3.8) is 0 Å². The van der Waals surface area contributed by atoms with Gasteiger partial charge >= 0.3 is 0 Å². The van der Waals surface area contributed by atoms with Crippen LogP contribution in [0.15, 0.2) is 78.4 Å². The molecular formula is C28H25N3O5S. The molecule has 0 aromatic heterocycles. The predicted molar refractivity (Wildman–Crippen MR) is 145 cm³/mol.